The summed E-state index contributed by atoms with van der Waals surface area (Å²) in [5.74, 6) is -1.88. The van der Waals surface area contributed by atoms with Crippen LogP contribution in [0.2, 0.25) is 0 Å². The molecule has 1 rings (SSSR count). The van der Waals surface area contributed by atoms with Gasteiger partial charge in [0.15, 0.2) is 0 Å². The van der Waals surface area contributed by atoms with E-state index in [4.69, 9.17) is 15.3 Å². The summed E-state index contributed by atoms with van der Waals surface area (Å²) in [6.45, 7) is 0.721. The molecule has 3 atom stereocenters. The van der Waals surface area contributed by atoms with Gasteiger partial charge in [-0.05, 0) is 0 Å². The number of halogens is 1. The van der Waals surface area contributed by atoms with Gasteiger partial charge in [0, 0.05) is 0 Å². The lowest BCUT2D eigenvalue weighted by atomic mass is 9.94. The number of hydrogen-bond donors (Lipinski definition) is 4. The summed E-state index contributed by atoms with van der Waals surface area (Å²) in [6.07, 6.45) is -2.03. The summed E-state index contributed by atoms with van der Waals surface area (Å²) in [5, 5.41) is 28.4. The maximum atomic E-state index is 10.4. The average molecular weight is 198 g/mol. The molecule has 0 bridgehead atoms. The predicted molar refractivity (Wildman–Crippen MR) is 34.8 cm³/mol. The minimum absolute atomic E-state index is 0. The summed E-state index contributed by atoms with van der Waals surface area (Å²) in [4.78, 5) is 10.4. The second-order valence-electron chi connectivity index (χ2n) is 2.76. The molecular weight excluding hydrogens is 186 g/mol. The molecule has 5 nitrogen and oxygen atoms in total. The number of quaternary nitrogens is 1. The number of carboxylic acids is 1. The van der Waals surface area contributed by atoms with Crippen LogP contribution in [0.15, 0.2) is 0 Å². The van der Waals surface area contributed by atoms with E-state index in [1.54, 1.807) is 5.32 Å². The molecule has 0 aromatic heterocycles. The Morgan fingerprint density at radius 1 is 1.33 bits per heavy atom. The molecule has 0 spiro atoms. The van der Waals surface area contributed by atoms with Crippen LogP contribution in [0.1, 0.15) is 0 Å². The highest BCUT2D eigenvalue weighted by Crippen LogP contribution is 2.08. The second kappa shape index (κ2) is 4.61. The molecule has 0 aromatic carbocycles. The summed E-state index contributed by atoms with van der Waals surface area (Å²) >= 11 is 0. The van der Waals surface area contributed by atoms with Crippen LogP contribution in [0, 0.1) is 5.92 Å². The Bertz CT molecular complexity index is 166. The smallest absolute Gasteiger partial charge is 0.315 e. The third-order valence-electron chi connectivity index (χ3n) is 1.95. The van der Waals surface area contributed by atoms with Crippen molar-refractivity contribution in [2.24, 2.45) is 5.92 Å². The first-order chi connectivity index (χ1) is 5.13. The maximum Gasteiger partial charge on any atom is 0.315 e. The molecule has 0 amide bonds. The van der Waals surface area contributed by atoms with Crippen molar-refractivity contribution in [3.8, 4) is 0 Å². The van der Waals surface area contributed by atoms with Crippen LogP contribution in [0.25, 0.3) is 0 Å². The number of carboxylic acid groups (broad SMARTS) is 1. The van der Waals surface area contributed by atoms with Gasteiger partial charge in [0.1, 0.15) is 24.7 Å². The van der Waals surface area contributed by atoms with Gasteiger partial charge < -0.3 is 33.0 Å². The third-order valence-corrected chi connectivity index (χ3v) is 1.95. The Morgan fingerprint density at radius 2 is 1.92 bits per heavy atom. The summed E-state index contributed by atoms with van der Waals surface area (Å²) in [5.41, 5.74) is 0. The number of aliphatic carboxylic acids is 1. The average Bonchev–Trinajstić information content (AvgIpc) is 1.94. The van der Waals surface area contributed by atoms with Crippen molar-refractivity contribution in [2.75, 3.05) is 13.1 Å². The van der Waals surface area contributed by atoms with Gasteiger partial charge in [-0.1, -0.05) is 0 Å². The molecule has 1 aliphatic rings. The van der Waals surface area contributed by atoms with E-state index in [1.165, 1.54) is 0 Å². The third kappa shape index (κ3) is 2.31. The molecule has 1 heterocycles. The molecule has 1 saturated heterocycles. The quantitative estimate of drug-likeness (QED) is 0.337. The minimum Gasteiger partial charge on any atom is -1.00 e. The zero-order chi connectivity index (χ0) is 8.43. The Balaban J connectivity index is 0.00000121. The SMILES string of the molecule is O=C(O)[C@H]1C[NH2+]C[C@@H](O)[C@@H]1O.[Cl-]. The second-order valence-corrected chi connectivity index (χ2v) is 2.76. The van der Waals surface area contributed by atoms with Crippen LogP contribution < -0.4 is 17.7 Å². The van der Waals surface area contributed by atoms with Crippen LogP contribution in [0.3, 0.4) is 0 Å². The molecule has 72 valence electrons. The molecule has 0 aromatic rings. The monoisotopic (exact) mass is 197 g/mol. The van der Waals surface area contributed by atoms with Gasteiger partial charge in [0.2, 0.25) is 0 Å². The highest BCUT2D eigenvalue weighted by atomic mass is 35.5. The molecule has 0 radical (unpaired) electrons. The topological polar surface area (TPSA) is 94.4 Å². The number of aliphatic hydroxyl groups excluding tert-OH is 2. The van der Waals surface area contributed by atoms with Crippen LogP contribution in [-0.2, 0) is 4.79 Å². The van der Waals surface area contributed by atoms with Gasteiger partial charge in [-0.3, -0.25) is 4.79 Å². The van der Waals surface area contributed by atoms with Crippen molar-refractivity contribution in [3.05, 3.63) is 0 Å². The van der Waals surface area contributed by atoms with Crippen LogP contribution in [0.5, 0.6) is 0 Å². The summed E-state index contributed by atoms with van der Waals surface area (Å²) in [6, 6.07) is 0. The summed E-state index contributed by atoms with van der Waals surface area (Å²) in [7, 11) is 0. The van der Waals surface area contributed by atoms with Crippen molar-refractivity contribution in [1.82, 2.24) is 0 Å². The lowest BCUT2D eigenvalue weighted by Gasteiger charge is -2.26. The van der Waals surface area contributed by atoms with Crippen molar-refractivity contribution in [1.29, 1.82) is 0 Å². The first kappa shape index (κ1) is 11.6. The van der Waals surface area contributed by atoms with Crippen molar-refractivity contribution in [3.63, 3.8) is 0 Å². The van der Waals surface area contributed by atoms with E-state index in [2.05, 4.69) is 0 Å². The Hall–Kier alpha value is -0.360. The molecule has 1 aliphatic heterocycles. The number of nitrogens with two attached hydrogens (primary N) is 1. The van der Waals surface area contributed by atoms with E-state index < -0.39 is 24.1 Å². The highest BCUT2D eigenvalue weighted by Gasteiger charge is 2.37. The fourth-order valence-corrected chi connectivity index (χ4v) is 1.24. The molecule has 1 fully saturated rings. The molecule has 0 aliphatic carbocycles. The zero-order valence-electron chi connectivity index (χ0n) is 6.35. The Labute approximate surface area is 75.8 Å². The first-order valence-corrected chi connectivity index (χ1v) is 3.53. The Morgan fingerprint density at radius 3 is 2.33 bits per heavy atom. The number of rotatable bonds is 1. The fourth-order valence-electron chi connectivity index (χ4n) is 1.24. The van der Waals surface area contributed by atoms with E-state index in [1.807, 2.05) is 0 Å². The van der Waals surface area contributed by atoms with Crippen LogP contribution >= 0.6 is 0 Å². The largest absolute Gasteiger partial charge is 1.00 e. The standard InChI is InChI=1S/C6H11NO4.ClH/c8-4-2-7-1-3(5(4)9)6(10)11;/h3-5,7-9H,1-2H2,(H,10,11);1H/t3-,4+,5+;/m0./s1. The molecule has 5 N–H and O–H groups in total. The van der Waals surface area contributed by atoms with Gasteiger partial charge in [0.25, 0.3) is 0 Å². The molecular formula is C6H12ClNO4. The van der Waals surface area contributed by atoms with Gasteiger partial charge in [-0.25, -0.2) is 0 Å². The summed E-state index contributed by atoms with van der Waals surface area (Å²) < 4.78 is 0. The predicted octanol–water partition coefficient (Wildman–Crippen LogP) is -6.01. The van der Waals surface area contributed by atoms with Crippen molar-refractivity contribution < 1.29 is 37.8 Å². The van der Waals surface area contributed by atoms with Crippen LogP contribution in [0.4, 0.5) is 0 Å². The van der Waals surface area contributed by atoms with Crippen LogP contribution in [-0.4, -0.2) is 46.6 Å². The molecule has 0 saturated carbocycles. The van der Waals surface area contributed by atoms with Gasteiger partial charge in [-0.2, -0.15) is 0 Å². The van der Waals surface area contributed by atoms with E-state index in [9.17, 15) is 4.79 Å². The van der Waals surface area contributed by atoms with Crippen molar-refractivity contribution >= 4 is 5.97 Å². The normalized spacial score (nSPS) is 35.3. The minimum atomic E-state index is -1.11. The first-order valence-electron chi connectivity index (χ1n) is 3.53. The molecule has 12 heavy (non-hydrogen) atoms. The maximum absolute atomic E-state index is 10.4. The zero-order valence-corrected chi connectivity index (χ0v) is 7.11. The van der Waals surface area contributed by atoms with Gasteiger partial charge >= 0.3 is 5.97 Å². The van der Waals surface area contributed by atoms with E-state index in [-0.39, 0.29) is 12.4 Å². The van der Waals surface area contributed by atoms with Crippen molar-refractivity contribution in [2.45, 2.75) is 12.2 Å². The van der Waals surface area contributed by atoms with E-state index in [0.717, 1.165) is 0 Å². The lowest BCUT2D eigenvalue weighted by molar-refractivity contribution is -0.677. The highest BCUT2D eigenvalue weighted by molar-refractivity contribution is 5.71. The number of carbonyl (C=O) groups is 1. The Kier molecular flexibility index (Phi) is 4.47. The van der Waals surface area contributed by atoms with Gasteiger partial charge in [-0.15, -0.1) is 0 Å². The van der Waals surface area contributed by atoms with Gasteiger partial charge in [0.05, 0.1) is 6.54 Å². The van der Waals surface area contributed by atoms with E-state index in [0.29, 0.717) is 13.1 Å². The van der Waals surface area contributed by atoms with E-state index >= 15 is 0 Å². The number of hydrogen-bond acceptors (Lipinski definition) is 3. The lowest BCUT2D eigenvalue weighted by Crippen LogP contribution is -3.00. The molecule has 6 heteroatoms. The number of aliphatic hydroxyl groups is 2. The number of piperidine rings is 1. The molecule has 0 unspecified atom stereocenters. The fraction of sp³-hybridized carbons (Fsp3) is 0.833.